The molecule has 26 heavy (non-hydrogen) atoms. The first-order valence-corrected chi connectivity index (χ1v) is 9.95. The van der Waals surface area contributed by atoms with E-state index in [0.717, 1.165) is 13.9 Å². The molecule has 0 radical (unpaired) electrons. The number of carbonyl (C=O) groups excluding carboxylic acids is 2. The van der Waals surface area contributed by atoms with Crippen LogP contribution in [0, 0.1) is 13.8 Å². The Morgan fingerprint density at radius 2 is 1.65 bits per heavy atom. The van der Waals surface area contributed by atoms with E-state index in [1.165, 1.54) is 11.3 Å². The maximum atomic E-state index is 12.5. The molecule has 0 aliphatic heterocycles. The number of aryl methyl sites for hydroxylation is 1. The van der Waals surface area contributed by atoms with Crippen molar-refractivity contribution in [2.45, 2.75) is 13.8 Å². The zero-order valence-corrected chi connectivity index (χ0v) is 17.8. The molecule has 2 amide bonds. The average Bonchev–Trinajstić information content (AvgIpc) is 3.16. The number of nitrogens with one attached hydrogen (secondary N) is 2. The van der Waals surface area contributed by atoms with Gasteiger partial charge in [-0.2, -0.15) is 5.10 Å². The maximum absolute atomic E-state index is 12.5. The molecule has 3 rings (SSSR count). The minimum absolute atomic E-state index is 0.371. The molecule has 0 fully saturated rings. The summed E-state index contributed by atoms with van der Waals surface area (Å²) in [5.41, 5.74) is 7.43. The largest absolute Gasteiger partial charge is 0.279 e. The third-order valence-electron chi connectivity index (χ3n) is 3.68. The van der Waals surface area contributed by atoms with Crippen molar-refractivity contribution in [3.63, 3.8) is 0 Å². The lowest BCUT2D eigenvalue weighted by molar-refractivity contribution is 0.0848. The molecule has 0 aliphatic carbocycles. The van der Waals surface area contributed by atoms with Crippen LogP contribution in [-0.2, 0) is 0 Å². The number of hydrazine groups is 1. The first-order chi connectivity index (χ1) is 12.4. The van der Waals surface area contributed by atoms with Gasteiger partial charge in [-0.05, 0) is 66.2 Å². The third-order valence-corrected chi connectivity index (χ3v) is 5.83. The van der Waals surface area contributed by atoms with E-state index in [1.807, 2.05) is 31.2 Å². The van der Waals surface area contributed by atoms with Crippen molar-refractivity contribution >= 4 is 55.0 Å². The van der Waals surface area contributed by atoms with Crippen molar-refractivity contribution in [1.29, 1.82) is 0 Å². The summed E-state index contributed by atoms with van der Waals surface area (Å²) in [6.45, 7) is 3.57. The smallest absolute Gasteiger partial charge is 0.267 e. The van der Waals surface area contributed by atoms with E-state index in [4.69, 9.17) is 0 Å². The minimum Gasteiger partial charge on any atom is -0.267 e. The summed E-state index contributed by atoms with van der Waals surface area (Å²) in [6, 6.07) is 11.1. The third kappa shape index (κ3) is 3.89. The van der Waals surface area contributed by atoms with Crippen LogP contribution in [0.15, 0.2) is 44.7 Å². The first-order valence-electron chi connectivity index (χ1n) is 7.55. The van der Waals surface area contributed by atoms with Crippen molar-refractivity contribution in [3.8, 4) is 5.69 Å². The number of hydrogen-bond acceptors (Lipinski definition) is 4. The number of rotatable bonds is 3. The summed E-state index contributed by atoms with van der Waals surface area (Å²) >= 11 is 7.99. The fraction of sp³-hybridized carbons (Fsp3) is 0.118. The highest BCUT2D eigenvalue weighted by atomic mass is 79.9. The second-order valence-corrected chi connectivity index (χ2v) is 8.82. The summed E-state index contributed by atoms with van der Waals surface area (Å²) in [6.07, 6.45) is 0. The zero-order chi connectivity index (χ0) is 18.8. The molecule has 134 valence electrons. The van der Waals surface area contributed by atoms with E-state index >= 15 is 0 Å². The molecular weight excluding hydrogens is 484 g/mol. The van der Waals surface area contributed by atoms with Crippen LogP contribution in [0.3, 0.4) is 0 Å². The van der Waals surface area contributed by atoms with Crippen molar-refractivity contribution in [3.05, 3.63) is 66.5 Å². The van der Waals surface area contributed by atoms with E-state index in [1.54, 1.807) is 23.7 Å². The Labute approximate surface area is 170 Å². The van der Waals surface area contributed by atoms with E-state index in [-0.39, 0.29) is 5.91 Å². The lowest BCUT2D eigenvalue weighted by Crippen LogP contribution is -2.41. The Kier molecular flexibility index (Phi) is 5.59. The normalized spacial score (nSPS) is 10.6. The number of hydrogen-bond donors (Lipinski definition) is 2. The van der Waals surface area contributed by atoms with Crippen LogP contribution in [0.5, 0.6) is 0 Å². The predicted molar refractivity (Wildman–Crippen MR) is 108 cm³/mol. The van der Waals surface area contributed by atoms with Crippen LogP contribution in [0.4, 0.5) is 0 Å². The molecule has 0 saturated heterocycles. The molecule has 0 saturated carbocycles. The molecule has 0 atom stereocenters. The van der Waals surface area contributed by atoms with E-state index in [9.17, 15) is 9.59 Å². The van der Waals surface area contributed by atoms with Gasteiger partial charge in [0.05, 0.1) is 31.3 Å². The van der Waals surface area contributed by atoms with Gasteiger partial charge in [-0.25, -0.2) is 4.68 Å². The predicted octanol–water partition coefficient (Wildman–Crippen LogP) is 4.15. The highest BCUT2D eigenvalue weighted by Crippen LogP contribution is 2.22. The topological polar surface area (TPSA) is 76.0 Å². The SMILES string of the molecule is Cc1nn(-c2ccc(Br)cc2)c(C)c1C(=O)NNC(=O)c1ccc(Br)s1. The molecular formula is C17H14Br2N4O2S. The molecule has 2 heterocycles. The highest BCUT2D eigenvalue weighted by Gasteiger charge is 2.20. The molecule has 0 aliphatic rings. The van der Waals surface area contributed by atoms with E-state index < -0.39 is 5.91 Å². The number of halogens is 2. The van der Waals surface area contributed by atoms with Gasteiger partial charge in [0.2, 0.25) is 0 Å². The number of benzene rings is 1. The standard InChI is InChI=1S/C17H14Br2N4O2S/c1-9-15(10(2)23(22-9)12-5-3-11(18)4-6-12)17(25)21-20-16(24)13-7-8-14(19)26-13/h3-8H,1-2H3,(H,20,24)(H,21,25). The monoisotopic (exact) mass is 496 g/mol. The van der Waals surface area contributed by atoms with Gasteiger partial charge in [-0.1, -0.05) is 15.9 Å². The fourth-order valence-corrected chi connectivity index (χ4v) is 4.02. The van der Waals surface area contributed by atoms with Gasteiger partial charge in [0, 0.05) is 4.47 Å². The van der Waals surface area contributed by atoms with Crippen molar-refractivity contribution in [2.75, 3.05) is 0 Å². The lowest BCUT2D eigenvalue weighted by atomic mass is 10.2. The summed E-state index contributed by atoms with van der Waals surface area (Å²) in [7, 11) is 0. The highest BCUT2D eigenvalue weighted by molar-refractivity contribution is 9.11. The van der Waals surface area contributed by atoms with E-state index in [2.05, 4.69) is 47.8 Å². The Morgan fingerprint density at radius 1 is 1.00 bits per heavy atom. The van der Waals surface area contributed by atoms with Crippen molar-refractivity contribution < 1.29 is 9.59 Å². The molecule has 2 N–H and O–H groups in total. The van der Waals surface area contributed by atoms with Crippen molar-refractivity contribution in [2.24, 2.45) is 0 Å². The molecule has 6 nitrogen and oxygen atoms in total. The molecule has 0 spiro atoms. The molecule has 1 aromatic carbocycles. The van der Waals surface area contributed by atoms with Crippen LogP contribution >= 0.6 is 43.2 Å². The van der Waals surface area contributed by atoms with Gasteiger partial charge in [0.25, 0.3) is 11.8 Å². The number of carbonyl (C=O) groups is 2. The van der Waals surface area contributed by atoms with Crippen LogP contribution in [0.25, 0.3) is 5.69 Å². The quantitative estimate of drug-likeness (QED) is 0.533. The van der Waals surface area contributed by atoms with Gasteiger partial charge < -0.3 is 0 Å². The molecule has 9 heteroatoms. The summed E-state index contributed by atoms with van der Waals surface area (Å²) in [5, 5.41) is 4.44. The maximum Gasteiger partial charge on any atom is 0.279 e. The summed E-state index contributed by atoms with van der Waals surface area (Å²) < 4.78 is 3.51. The van der Waals surface area contributed by atoms with Gasteiger partial charge >= 0.3 is 0 Å². The Bertz CT molecular complexity index is 979. The Hall–Kier alpha value is -1.97. The Balaban J connectivity index is 1.77. The second-order valence-electron chi connectivity index (χ2n) is 5.45. The molecule has 2 aromatic heterocycles. The molecule has 0 unspecified atom stereocenters. The number of nitrogens with zero attached hydrogens (tertiary/aromatic N) is 2. The second kappa shape index (κ2) is 7.73. The van der Waals surface area contributed by atoms with Crippen LogP contribution in [0.2, 0.25) is 0 Å². The zero-order valence-electron chi connectivity index (χ0n) is 13.8. The van der Waals surface area contributed by atoms with Crippen molar-refractivity contribution in [1.82, 2.24) is 20.6 Å². The van der Waals surface area contributed by atoms with E-state index in [0.29, 0.717) is 21.8 Å². The number of aromatic nitrogens is 2. The lowest BCUT2D eigenvalue weighted by Gasteiger charge is -2.07. The van der Waals surface area contributed by atoms with Gasteiger partial charge in [-0.3, -0.25) is 20.4 Å². The van der Waals surface area contributed by atoms with Crippen LogP contribution in [0.1, 0.15) is 31.4 Å². The van der Waals surface area contributed by atoms with Gasteiger partial charge in [0.1, 0.15) is 0 Å². The van der Waals surface area contributed by atoms with Gasteiger partial charge in [-0.15, -0.1) is 11.3 Å². The van der Waals surface area contributed by atoms with Gasteiger partial charge in [0.15, 0.2) is 0 Å². The summed E-state index contributed by atoms with van der Waals surface area (Å²) in [4.78, 5) is 25.1. The fourth-order valence-electron chi connectivity index (χ4n) is 2.48. The number of amides is 2. The first kappa shape index (κ1) is 18.8. The minimum atomic E-state index is -0.410. The summed E-state index contributed by atoms with van der Waals surface area (Å²) in [5.74, 6) is -0.781. The average molecular weight is 498 g/mol. The van der Waals surface area contributed by atoms with Crippen LogP contribution < -0.4 is 10.9 Å². The molecule has 0 bridgehead atoms. The number of thiophene rings is 1. The van der Waals surface area contributed by atoms with Crippen LogP contribution in [-0.4, -0.2) is 21.6 Å². The molecule has 3 aromatic rings. The Morgan fingerprint density at radius 3 is 2.27 bits per heavy atom.